The Morgan fingerprint density at radius 1 is 1.42 bits per heavy atom. The predicted octanol–water partition coefficient (Wildman–Crippen LogP) is 3.58. The molecular formula is C10H11BrO. The Balaban J connectivity index is 3.10. The van der Waals surface area contributed by atoms with Crippen molar-refractivity contribution >= 4 is 22.0 Å². The molecule has 0 bridgehead atoms. The lowest BCUT2D eigenvalue weighted by Gasteiger charge is -1.99. The lowest BCUT2D eigenvalue weighted by atomic mass is 10.1. The van der Waals surface area contributed by atoms with Crippen LogP contribution in [0.25, 0.3) is 6.08 Å². The molecule has 0 aliphatic rings. The van der Waals surface area contributed by atoms with Gasteiger partial charge in [-0.05, 0) is 26.0 Å². The molecule has 0 unspecified atom stereocenters. The number of phenols is 1. The maximum Gasteiger partial charge on any atom is 0.123 e. The average Bonchev–Trinajstić information content (AvgIpc) is 1.94. The predicted molar refractivity (Wildman–Crippen MR) is 55.1 cm³/mol. The topological polar surface area (TPSA) is 20.2 Å². The van der Waals surface area contributed by atoms with Crippen LogP contribution < -0.4 is 0 Å². The van der Waals surface area contributed by atoms with Crippen molar-refractivity contribution in [2.45, 2.75) is 13.8 Å². The normalized spacial score (nSPS) is 9.58. The van der Waals surface area contributed by atoms with Crippen molar-refractivity contribution < 1.29 is 5.11 Å². The molecule has 1 rings (SSSR count). The summed E-state index contributed by atoms with van der Waals surface area (Å²) in [5.41, 5.74) is 2.03. The fraction of sp³-hybridized carbons (Fsp3) is 0.200. The van der Waals surface area contributed by atoms with Gasteiger partial charge < -0.3 is 5.11 Å². The Morgan fingerprint density at radius 3 is 2.58 bits per heavy atom. The van der Waals surface area contributed by atoms with Crippen LogP contribution in [0.2, 0.25) is 0 Å². The lowest BCUT2D eigenvalue weighted by Crippen LogP contribution is -1.75. The molecule has 0 aliphatic heterocycles. The highest BCUT2D eigenvalue weighted by Gasteiger charge is 1.97. The Bertz CT molecular complexity index is 312. The van der Waals surface area contributed by atoms with Crippen LogP contribution in [-0.4, -0.2) is 5.11 Å². The molecule has 0 fully saturated rings. The molecule has 0 saturated carbocycles. The van der Waals surface area contributed by atoms with Crippen LogP contribution in [0.1, 0.15) is 19.4 Å². The van der Waals surface area contributed by atoms with Gasteiger partial charge in [-0.1, -0.05) is 33.6 Å². The van der Waals surface area contributed by atoms with Crippen molar-refractivity contribution in [1.29, 1.82) is 0 Å². The van der Waals surface area contributed by atoms with Crippen LogP contribution in [0.5, 0.6) is 5.75 Å². The number of phenolic OH excluding ortho intramolecular Hbond substituents is 1. The van der Waals surface area contributed by atoms with Crippen LogP contribution in [-0.2, 0) is 0 Å². The molecule has 64 valence electrons. The SMILES string of the molecule is CC(C)=Cc1ccc(Br)cc1O. The van der Waals surface area contributed by atoms with Gasteiger partial charge in [-0.25, -0.2) is 0 Å². The summed E-state index contributed by atoms with van der Waals surface area (Å²) >= 11 is 3.28. The van der Waals surface area contributed by atoms with Gasteiger partial charge in [0.15, 0.2) is 0 Å². The van der Waals surface area contributed by atoms with Crippen LogP contribution in [0.15, 0.2) is 28.2 Å². The maximum atomic E-state index is 9.47. The third-order valence-electron chi connectivity index (χ3n) is 1.44. The molecule has 1 aromatic rings. The van der Waals surface area contributed by atoms with E-state index < -0.39 is 0 Å². The second-order valence-electron chi connectivity index (χ2n) is 2.92. The van der Waals surface area contributed by atoms with Gasteiger partial charge in [0.2, 0.25) is 0 Å². The molecule has 2 heteroatoms. The van der Waals surface area contributed by atoms with Crippen molar-refractivity contribution in [3.63, 3.8) is 0 Å². The molecular weight excluding hydrogens is 216 g/mol. The summed E-state index contributed by atoms with van der Waals surface area (Å²) in [6, 6.07) is 5.48. The number of rotatable bonds is 1. The van der Waals surface area contributed by atoms with E-state index in [0.717, 1.165) is 10.0 Å². The van der Waals surface area contributed by atoms with Gasteiger partial charge in [0.25, 0.3) is 0 Å². The number of benzene rings is 1. The van der Waals surface area contributed by atoms with Crippen molar-refractivity contribution in [2.75, 3.05) is 0 Å². The first-order valence-electron chi connectivity index (χ1n) is 3.73. The molecule has 12 heavy (non-hydrogen) atoms. The first kappa shape index (κ1) is 9.33. The van der Waals surface area contributed by atoms with Crippen molar-refractivity contribution in [3.05, 3.63) is 33.8 Å². The molecule has 0 radical (unpaired) electrons. The van der Waals surface area contributed by atoms with E-state index in [1.54, 1.807) is 6.07 Å². The van der Waals surface area contributed by atoms with E-state index in [1.807, 2.05) is 32.1 Å². The zero-order valence-corrected chi connectivity index (χ0v) is 8.72. The van der Waals surface area contributed by atoms with E-state index in [-0.39, 0.29) is 0 Å². The van der Waals surface area contributed by atoms with E-state index >= 15 is 0 Å². The fourth-order valence-corrected chi connectivity index (χ4v) is 1.30. The van der Waals surface area contributed by atoms with Gasteiger partial charge in [-0.3, -0.25) is 0 Å². The van der Waals surface area contributed by atoms with E-state index in [0.29, 0.717) is 5.75 Å². The van der Waals surface area contributed by atoms with Gasteiger partial charge >= 0.3 is 0 Å². The molecule has 0 spiro atoms. The zero-order chi connectivity index (χ0) is 9.14. The van der Waals surface area contributed by atoms with Gasteiger partial charge in [0.1, 0.15) is 5.75 Å². The van der Waals surface area contributed by atoms with Gasteiger partial charge in [0.05, 0.1) is 0 Å². The maximum absolute atomic E-state index is 9.47. The minimum atomic E-state index is 0.311. The monoisotopic (exact) mass is 226 g/mol. The minimum absolute atomic E-state index is 0.311. The Morgan fingerprint density at radius 2 is 2.08 bits per heavy atom. The number of hydrogen-bond acceptors (Lipinski definition) is 1. The number of hydrogen-bond donors (Lipinski definition) is 1. The summed E-state index contributed by atoms with van der Waals surface area (Å²) in [5, 5.41) is 9.47. The molecule has 0 saturated heterocycles. The van der Waals surface area contributed by atoms with Crippen molar-refractivity contribution in [2.24, 2.45) is 0 Å². The highest BCUT2D eigenvalue weighted by atomic mass is 79.9. The minimum Gasteiger partial charge on any atom is -0.507 e. The first-order valence-corrected chi connectivity index (χ1v) is 4.52. The molecule has 1 nitrogen and oxygen atoms in total. The fourth-order valence-electron chi connectivity index (χ4n) is 0.950. The molecule has 1 aromatic carbocycles. The summed E-state index contributed by atoms with van der Waals surface area (Å²) < 4.78 is 0.894. The van der Waals surface area contributed by atoms with Crippen molar-refractivity contribution in [1.82, 2.24) is 0 Å². The molecule has 0 aromatic heterocycles. The molecule has 0 atom stereocenters. The quantitative estimate of drug-likeness (QED) is 0.777. The van der Waals surface area contributed by atoms with Gasteiger partial charge in [0, 0.05) is 10.0 Å². The molecule has 0 amide bonds. The summed E-state index contributed by atoms with van der Waals surface area (Å²) in [4.78, 5) is 0. The summed E-state index contributed by atoms with van der Waals surface area (Å²) in [7, 11) is 0. The molecule has 0 aliphatic carbocycles. The third kappa shape index (κ3) is 2.38. The first-order chi connectivity index (χ1) is 5.59. The van der Waals surface area contributed by atoms with Crippen LogP contribution in [0, 0.1) is 0 Å². The highest BCUT2D eigenvalue weighted by Crippen LogP contribution is 2.24. The van der Waals surface area contributed by atoms with Gasteiger partial charge in [-0.15, -0.1) is 0 Å². The number of allylic oxidation sites excluding steroid dienone is 1. The third-order valence-corrected chi connectivity index (χ3v) is 1.93. The molecule has 0 heterocycles. The second kappa shape index (κ2) is 3.76. The standard InChI is InChI=1S/C10H11BrO/c1-7(2)5-8-3-4-9(11)6-10(8)12/h3-6,12H,1-2H3. The summed E-state index contributed by atoms with van der Waals surface area (Å²) in [6.07, 6.45) is 1.95. The molecule has 1 N–H and O–H groups in total. The number of halogens is 1. The smallest absolute Gasteiger partial charge is 0.123 e. The summed E-state index contributed by atoms with van der Waals surface area (Å²) in [5.74, 6) is 0.311. The Labute approximate surface area is 80.9 Å². The van der Waals surface area contributed by atoms with Crippen LogP contribution in [0.4, 0.5) is 0 Å². The largest absolute Gasteiger partial charge is 0.507 e. The van der Waals surface area contributed by atoms with Crippen molar-refractivity contribution in [3.8, 4) is 5.75 Å². The van der Waals surface area contributed by atoms with Gasteiger partial charge in [-0.2, -0.15) is 0 Å². The van der Waals surface area contributed by atoms with E-state index in [1.165, 1.54) is 5.57 Å². The Kier molecular flexibility index (Phi) is 2.93. The average molecular weight is 227 g/mol. The number of aromatic hydroxyl groups is 1. The van der Waals surface area contributed by atoms with Crippen LogP contribution in [0.3, 0.4) is 0 Å². The second-order valence-corrected chi connectivity index (χ2v) is 3.84. The summed E-state index contributed by atoms with van der Waals surface area (Å²) in [6.45, 7) is 4.00. The van der Waals surface area contributed by atoms with E-state index in [2.05, 4.69) is 15.9 Å². The van der Waals surface area contributed by atoms with E-state index in [4.69, 9.17) is 0 Å². The van der Waals surface area contributed by atoms with E-state index in [9.17, 15) is 5.11 Å². The zero-order valence-electron chi connectivity index (χ0n) is 7.13. The lowest BCUT2D eigenvalue weighted by molar-refractivity contribution is 0.473. The Hall–Kier alpha value is -0.760. The van der Waals surface area contributed by atoms with Crippen LogP contribution >= 0.6 is 15.9 Å². The highest BCUT2D eigenvalue weighted by molar-refractivity contribution is 9.10.